The first-order valence-electron chi connectivity index (χ1n) is 14.5. The normalized spacial score (nSPS) is 11.6. The van der Waals surface area contributed by atoms with E-state index in [0.717, 1.165) is 6.61 Å². The lowest BCUT2D eigenvalue weighted by molar-refractivity contribution is -0.140. The largest absolute Gasteiger partial charge is 0.460 e. The molecule has 0 radical (unpaired) electrons. The van der Waals surface area contributed by atoms with E-state index in [2.05, 4.69) is 27.4 Å². The highest BCUT2D eigenvalue weighted by atomic mass is 28.3. The number of esters is 1. The van der Waals surface area contributed by atoms with Crippen LogP contribution in [0.1, 0.15) is 111 Å². The van der Waals surface area contributed by atoms with Gasteiger partial charge in [0.25, 0.3) is 0 Å². The van der Waals surface area contributed by atoms with Crippen molar-refractivity contribution in [1.82, 2.24) is 0 Å². The van der Waals surface area contributed by atoms with E-state index in [1.165, 1.54) is 108 Å². The first kappa shape index (κ1) is 33.3. The Morgan fingerprint density at radius 2 is 1.00 bits per heavy atom. The van der Waals surface area contributed by atoms with E-state index in [4.69, 9.17) is 14.2 Å². The van der Waals surface area contributed by atoms with Gasteiger partial charge in [-0.25, -0.2) is 4.79 Å². The third-order valence-corrected chi connectivity index (χ3v) is 12.5. The Labute approximate surface area is 213 Å². The van der Waals surface area contributed by atoms with Crippen LogP contribution in [0.15, 0.2) is 12.2 Å². The highest BCUT2D eigenvalue weighted by molar-refractivity contribution is 6.79. The van der Waals surface area contributed by atoms with Crippen LogP contribution in [0.5, 0.6) is 0 Å². The molecule has 202 valence electrons. The van der Waals surface area contributed by atoms with Crippen molar-refractivity contribution in [2.24, 2.45) is 0 Å². The minimum atomic E-state index is -1.22. The quantitative estimate of drug-likeness (QED) is 0.0517. The van der Waals surface area contributed by atoms with Crippen molar-refractivity contribution in [3.63, 3.8) is 0 Å². The second-order valence-electron chi connectivity index (χ2n) is 10.2. The molecule has 0 amide bonds. The van der Waals surface area contributed by atoms with Gasteiger partial charge >= 0.3 is 5.97 Å². The Kier molecular flexibility index (Phi) is 23.6. The lowest BCUT2D eigenvalue weighted by Gasteiger charge is -2.33. The summed E-state index contributed by atoms with van der Waals surface area (Å²) in [6, 6.07) is 6.06. The SMILES string of the molecule is C=C(C)C(=O)OCCOCCOCCC[Si](CCCCCC)(CCCCCC)CCCCCC. The predicted molar refractivity (Wildman–Crippen MR) is 149 cm³/mol. The summed E-state index contributed by atoms with van der Waals surface area (Å²) in [5.74, 6) is -0.355. The van der Waals surface area contributed by atoms with Gasteiger partial charge in [0.05, 0.1) is 27.9 Å². The average Bonchev–Trinajstić information content (AvgIpc) is 2.83. The summed E-state index contributed by atoms with van der Waals surface area (Å²) in [6.45, 7) is 14.9. The topological polar surface area (TPSA) is 44.8 Å². The molecule has 0 bridgehead atoms. The zero-order chi connectivity index (χ0) is 25.3. The third kappa shape index (κ3) is 19.6. The van der Waals surface area contributed by atoms with E-state index in [-0.39, 0.29) is 12.6 Å². The number of rotatable bonds is 26. The summed E-state index contributed by atoms with van der Waals surface area (Å²) in [7, 11) is -1.22. The van der Waals surface area contributed by atoms with Gasteiger partial charge in [-0.1, -0.05) is 129 Å². The van der Waals surface area contributed by atoms with Crippen LogP contribution < -0.4 is 0 Å². The van der Waals surface area contributed by atoms with Gasteiger partial charge in [-0.05, 0) is 13.3 Å². The van der Waals surface area contributed by atoms with Crippen LogP contribution in [-0.4, -0.2) is 47.1 Å². The molecule has 0 spiro atoms. The standard InChI is InChI=1S/C29H58O4Si/c1-6-9-12-15-24-34(25-16-13-10-7-2,26-17-14-11-8-3)27-18-19-31-20-21-32-22-23-33-29(30)28(4)5/h4,6-27H2,1-3,5H3. The third-order valence-electron chi connectivity index (χ3n) is 6.86. The summed E-state index contributed by atoms with van der Waals surface area (Å²) in [5, 5.41) is 0. The lowest BCUT2D eigenvalue weighted by atomic mass is 10.2. The Bertz CT molecular complexity index is 449. The molecule has 0 aromatic rings. The summed E-state index contributed by atoms with van der Waals surface area (Å²) >= 11 is 0. The lowest BCUT2D eigenvalue weighted by Crippen LogP contribution is -2.34. The Hall–Kier alpha value is -0.653. The van der Waals surface area contributed by atoms with Crippen molar-refractivity contribution < 1.29 is 19.0 Å². The van der Waals surface area contributed by atoms with Crippen LogP contribution in [0, 0.1) is 0 Å². The fourth-order valence-corrected chi connectivity index (χ4v) is 10.1. The van der Waals surface area contributed by atoms with Gasteiger partial charge in [-0.2, -0.15) is 0 Å². The average molecular weight is 499 g/mol. The maximum atomic E-state index is 11.3. The molecule has 4 nitrogen and oxygen atoms in total. The molecular weight excluding hydrogens is 440 g/mol. The number of hydrogen-bond acceptors (Lipinski definition) is 4. The van der Waals surface area contributed by atoms with E-state index in [1.807, 2.05) is 0 Å². The van der Waals surface area contributed by atoms with Gasteiger partial charge in [-0.15, -0.1) is 0 Å². The van der Waals surface area contributed by atoms with Crippen LogP contribution in [0.2, 0.25) is 24.2 Å². The van der Waals surface area contributed by atoms with Gasteiger partial charge in [-0.3, -0.25) is 0 Å². The maximum absolute atomic E-state index is 11.3. The summed E-state index contributed by atoms with van der Waals surface area (Å²) in [4.78, 5) is 11.3. The minimum absolute atomic E-state index is 0.272. The second-order valence-corrected chi connectivity index (χ2v) is 15.2. The van der Waals surface area contributed by atoms with Crippen LogP contribution in [0.4, 0.5) is 0 Å². The Morgan fingerprint density at radius 3 is 1.44 bits per heavy atom. The number of ether oxygens (including phenoxy) is 3. The molecule has 0 aliphatic carbocycles. The van der Waals surface area contributed by atoms with Crippen molar-refractivity contribution in [1.29, 1.82) is 0 Å². The van der Waals surface area contributed by atoms with Crippen molar-refractivity contribution >= 4 is 14.0 Å². The minimum Gasteiger partial charge on any atom is -0.460 e. The number of carbonyl (C=O) groups is 1. The van der Waals surface area contributed by atoms with Crippen molar-refractivity contribution in [3.8, 4) is 0 Å². The van der Waals surface area contributed by atoms with Crippen LogP contribution in [0.25, 0.3) is 0 Å². The molecule has 0 saturated heterocycles. The number of unbranched alkanes of at least 4 members (excludes halogenated alkanes) is 9. The fourth-order valence-electron chi connectivity index (χ4n) is 4.72. The van der Waals surface area contributed by atoms with E-state index in [9.17, 15) is 4.79 Å². The number of carbonyl (C=O) groups excluding carboxylic acids is 1. The molecule has 0 aliphatic heterocycles. The van der Waals surface area contributed by atoms with E-state index < -0.39 is 8.07 Å². The van der Waals surface area contributed by atoms with Gasteiger partial charge in [0.2, 0.25) is 0 Å². The van der Waals surface area contributed by atoms with Gasteiger partial charge in [0, 0.05) is 12.2 Å². The Balaban J connectivity index is 4.40. The van der Waals surface area contributed by atoms with Crippen LogP contribution in [0.3, 0.4) is 0 Å². The van der Waals surface area contributed by atoms with Crippen LogP contribution in [-0.2, 0) is 19.0 Å². The first-order valence-corrected chi connectivity index (χ1v) is 17.3. The molecule has 0 atom stereocenters. The fraction of sp³-hybridized carbons (Fsp3) is 0.897. The zero-order valence-electron chi connectivity index (χ0n) is 23.4. The molecule has 0 aromatic carbocycles. The smallest absolute Gasteiger partial charge is 0.333 e. The molecule has 0 rings (SSSR count). The first-order chi connectivity index (χ1) is 16.5. The predicted octanol–water partition coefficient (Wildman–Crippen LogP) is 8.72. The molecule has 0 fully saturated rings. The van der Waals surface area contributed by atoms with Gasteiger partial charge < -0.3 is 14.2 Å². The number of hydrogen-bond donors (Lipinski definition) is 0. The highest BCUT2D eigenvalue weighted by Crippen LogP contribution is 2.34. The van der Waals surface area contributed by atoms with E-state index >= 15 is 0 Å². The molecule has 5 heteroatoms. The highest BCUT2D eigenvalue weighted by Gasteiger charge is 2.30. The maximum Gasteiger partial charge on any atom is 0.333 e. The molecule has 0 heterocycles. The van der Waals surface area contributed by atoms with Crippen LogP contribution >= 0.6 is 0 Å². The molecular formula is C29H58O4Si. The second kappa shape index (κ2) is 24.1. The molecule has 0 unspecified atom stereocenters. The Morgan fingerprint density at radius 1 is 0.588 bits per heavy atom. The van der Waals surface area contributed by atoms with Gasteiger partial charge in [0.1, 0.15) is 6.61 Å². The molecule has 0 aromatic heterocycles. The van der Waals surface area contributed by atoms with Gasteiger partial charge in [0.15, 0.2) is 0 Å². The summed E-state index contributed by atoms with van der Waals surface area (Å²) < 4.78 is 16.4. The van der Waals surface area contributed by atoms with Crippen molar-refractivity contribution in [2.75, 3.05) is 33.0 Å². The monoisotopic (exact) mass is 498 g/mol. The molecule has 34 heavy (non-hydrogen) atoms. The van der Waals surface area contributed by atoms with Crippen molar-refractivity contribution in [2.45, 2.75) is 135 Å². The van der Waals surface area contributed by atoms with E-state index in [0.29, 0.717) is 25.4 Å². The zero-order valence-corrected chi connectivity index (χ0v) is 24.4. The van der Waals surface area contributed by atoms with Crippen molar-refractivity contribution in [3.05, 3.63) is 12.2 Å². The molecule has 0 aliphatic rings. The van der Waals surface area contributed by atoms with E-state index in [1.54, 1.807) is 6.92 Å². The molecule has 0 N–H and O–H groups in total. The summed E-state index contributed by atoms with van der Waals surface area (Å²) in [6.07, 6.45) is 18.0. The summed E-state index contributed by atoms with van der Waals surface area (Å²) in [5.41, 5.74) is 0.420. The molecule has 0 saturated carbocycles.